The molecular formula is C17H28N2O. The molecule has 1 rings (SSSR count). The van der Waals surface area contributed by atoms with Gasteiger partial charge in [0.15, 0.2) is 0 Å². The van der Waals surface area contributed by atoms with Crippen molar-refractivity contribution in [3.05, 3.63) is 35.9 Å². The van der Waals surface area contributed by atoms with Crippen LogP contribution >= 0.6 is 0 Å². The third-order valence-corrected chi connectivity index (χ3v) is 3.37. The van der Waals surface area contributed by atoms with Gasteiger partial charge in [0.2, 0.25) is 5.91 Å². The lowest BCUT2D eigenvalue weighted by Gasteiger charge is -2.32. The second kappa shape index (κ2) is 7.44. The van der Waals surface area contributed by atoms with Crippen molar-refractivity contribution in [1.29, 1.82) is 0 Å². The monoisotopic (exact) mass is 276 g/mol. The van der Waals surface area contributed by atoms with Crippen molar-refractivity contribution >= 4 is 5.91 Å². The maximum absolute atomic E-state index is 12.1. The molecule has 112 valence electrons. The van der Waals surface area contributed by atoms with Crippen molar-refractivity contribution < 1.29 is 4.79 Å². The van der Waals surface area contributed by atoms with Gasteiger partial charge < -0.3 is 11.1 Å². The fraction of sp³-hybridized carbons (Fsp3) is 0.588. The zero-order valence-corrected chi connectivity index (χ0v) is 13.1. The molecule has 3 N–H and O–H groups in total. The van der Waals surface area contributed by atoms with Crippen molar-refractivity contribution in [2.24, 2.45) is 11.1 Å². The molecule has 1 aromatic carbocycles. The first-order chi connectivity index (χ1) is 9.30. The van der Waals surface area contributed by atoms with Crippen molar-refractivity contribution in [2.45, 2.75) is 59.0 Å². The van der Waals surface area contributed by atoms with Gasteiger partial charge >= 0.3 is 0 Å². The maximum Gasteiger partial charge on any atom is 0.220 e. The van der Waals surface area contributed by atoms with Gasteiger partial charge in [-0.1, -0.05) is 51.1 Å². The van der Waals surface area contributed by atoms with Gasteiger partial charge in [0.1, 0.15) is 0 Å². The molecule has 1 amide bonds. The van der Waals surface area contributed by atoms with Crippen LogP contribution in [0.4, 0.5) is 0 Å². The molecule has 3 heteroatoms. The number of benzene rings is 1. The Morgan fingerprint density at radius 3 is 2.35 bits per heavy atom. The predicted molar refractivity (Wildman–Crippen MR) is 84.3 cm³/mol. The maximum atomic E-state index is 12.1. The van der Waals surface area contributed by atoms with Crippen molar-refractivity contribution in [2.75, 3.05) is 0 Å². The van der Waals surface area contributed by atoms with Crippen molar-refractivity contribution in [3.63, 3.8) is 0 Å². The normalized spacial score (nSPS) is 14.7. The number of nitrogens with one attached hydrogen (secondary N) is 1. The van der Waals surface area contributed by atoms with E-state index < -0.39 is 0 Å². The van der Waals surface area contributed by atoms with E-state index in [1.165, 1.54) is 0 Å². The van der Waals surface area contributed by atoms with E-state index in [0.29, 0.717) is 6.42 Å². The summed E-state index contributed by atoms with van der Waals surface area (Å²) < 4.78 is 0. The van der Waals surface area contributed by atoms with Crippen LogP contribution < -0.4 is 11.1 Å². The molecule has 1 aromatic rings. The van der Waals surface area contributed by atoms with E-state index in [0.717, 1.165) is 18.4 Å². The molecule has 0 bridgehead atoms. The van der Waals surface area contributed by atoms with E-state index in [2.05, 4.69) is 38.2 Å². The number of nitrogens with two attached hydrogens (primary N) is 1. The molecule has 0 radical (unpaired) electrons. The zero-order chi connectivity index (χ0) is 15.2. The molecular weight excluding hydrogens is 248 g/mol. The Labute approximate surface area is 122 Å². The Bertz CT molecular complexity index is 407. The minimum Gasteiger partial charge on any atom is -0.349 e. The molecule has 0 heterocycles. The molecule has 0 aromatic heterocycles. The second-order valence-electron chi connectivity index (χ2n) is 6.65. The summed E-state index contributed by atoms with van der Waals surface area (Å²) in [5.41, 5.74) is 6.85. The molecule has 2 atom stereocenters. The molecule has 0 fully saturated rings. The summed E-state index contributed by atoms with van der Waals surface area (Å²) in [6.45, 7) is 8.41. The van der Waals surface area contributed by atoms with Crippen LogP contribution in [0.25, 0.3) is 0 Å². The van der Waals surface area contributed by atoms with Gasteiger partial charge in [-0.25, -0.2) is 0 Å². The highest BCUT2D eigenvalue weighted by Crippen LogP contribution is 2.32. The lowest BCUT2D eigenvalue weighted by molar-refractivity contribution is -0.122. The largest absolute Gasteiger partial charge is 0.349 e. The summed E-state index contributed by atoms with van der Waals surface area (Å²) in [7, 11) is 0. The topological polar surface area (TPSA) is 55.1 Å². The number of carbonyl (C=O) groups is 1. The first-order valence-corrected chi connectivity index (χ1v) is 7.40. The van der Waals surface area contributed by atoms with Gasteiger partial charge in [0.05, 0.1) is 6.04 Å². The molecule has 0 aliphatic heterocycles. The van der Waals surface area contributed by atoms with E-state index in [1.54, 1.807) is 0 Å². The highest BCUT2D eigenvalue weighted by Gasteiger charge is 2.27. The smallest absolute Gasteiger partial charge is 0.220 e. The second-order valence-corrected chi connectivity index (χ2v) is 6.65. The van der Waals surface area contributed by atoms with Gasteiger partial charge in [-0.15, -0.1) is 0 Å². The van der Waals surface area contributed by atoms with E-state index >= 15 is 0 Å². The lowest BCUT2D eigenvalue weighted by atomic mass is 9.82. The van der Waals surface area contributed by atoms with Crippen LogP contribution in [-0.2, 0) is 4.79 Å². The van der Waals surface area contributed by atoms with Crippen LogP contribution in [-0.4, -0.2) is 11.9 Å². The Balaban J connectivity index is 2.65. The standard InChI is InChI=1S/C17H28N2O/c1-13(18)9-8-12-15(20)19-16(17(2,3)4)14-10-6-5-7-11-14/h5-7,10-11,13,16H,8-9,12,18H2,1-4H3,(H,19,20). The molecule has 2 unspecified atom stereocenters. The third kappa shape index (κ3) is 5.74. The molecule has 0 saturated heterocycles. The van der Waals surface area contributed by atoms with E-state index in [-0.39, 0.29) is 23.4 Å². The predicted octanol–water partition coefficient (Wildman–Crippen LogP) is 3.41. The Morgan fingerprint density at radius 1 is 1.25 bits per heavy atom. The number of hydrogen-bond donors (Lipinski definition) is 2. The van der Waals surface area contributed by atoms with Gasteiger partial charge in [0.25, 0.3) is 0 Å². The van der Waals surface area contributed by atoms with Gasteiger partial charge in [0, 0.05) is 12.5 Å². The molecule has 20 heavy (non-hydrogen) atoms. The molecule has 0 spiro atoms. The Hall–Kier alpha value is -1.35. The summed E-state index contributed by atoms with van der Waals surface area (Å²) in [6, 6.07) is 10.3. The minimum atomic E-state index is -0.0157. The summed E-state index contributed by atoms with van der Waals surface area (Å²) in [4.78, 5) is 12.1. The van der Waals surface area contributed by atoms with Gasteiger partial charge in [-0.3, -0.25) is 4.79 Å². The average molecular weight is 276 g/mol. The number of carbonyl (C=O) groups excluding carboxylic acids is 1. The third-order valence-electron chi connectivity index (χ3n) is 3.37. The summed E-state index contributed by atoms with van der Waals surface area (Å²) >= 11 is 0. The fourth-order valence-corrected chi connectivity index (χ4v) is 2.26. The summed E-state index contributed by atoms with van der Waals surface area (Å²) in [5.74, 6) is 0.106. The molecule has 3 nitrogen and oxygen atoms in total. The molecule has 0 aliphatic carbocycles. The number of hydrogen-bond acceptors (Lipinski definition) is 2. The van der Waals surface area contributed by atoms with Gasteiger partial charge in [-0.2, -0.15) is 0 Å². The Kier molecular flexibility index (Phi) is 6.21. The van der Waals surface area contributed by atoms with Crippen LogP contribution in [0.15, 0.2) is 30.3 Å². The molecule has 0 aliphatic rings. The zero-order valence-electron chi connectivity index (χ0n) is 13.1. The minimum absolute atomic E-state index is 0.0157. The Morgan fingerprint density at radius 2 is 1.85 bits per heavy atom. The highest BCUT2D eigenvalue weighted by atomic mass is 16.1. The lowest BCUT2D eigenvalue weighted by Crippen LogP contribution is -2.36. The van der Waals surface area contributed by atoms with Crippen LogP contribution in [0.3, 0.4) is 0 Å². The van der Waals surface area contributed by atoms with E-state index in [1.807, 2.05) is 25.1 Å². The average Bonchev–Trinajstić information content (AvgIpc) is 2.35. The highest BCUT2D eigenvalue weighted by molar-refractivity contribution is 5.76. The number of rotatable bonds is 6. The quantitative estimate of drug-likeness (QED) is 0.836. The molecule has 0 saturated carbocycles. The first-order valence-electron chi connectivity index (χ1n) is 7.40. The van der Waals surface area contributed by atoms with Crippen LogP contribution in [0.1, 0.15) is 58.6 Å². The van der Waals surface area contributed by atoms with E-state index in [9.17, 15) is 4.79 Å². The van der Waals surface area contributed by atoms with Crippen LogP contribution in [0, 0.1) is 5.41 Å². The SMILES string of the molecule is CC(N)CCCC(=O)NC(c1ccccc1)C(C)(C)C. The van der Waals surface area contributed by atoms with Gasteiger partial charge in [-0.05, 0) is 30.7 Å². The first kappa shape index (κ1) is 16.7. The van der Waals surface area contributed by atoms with Crippen LogP contribution in [0.5, 0.6) is 0 Å². The number of amides is 1. The van der Waals surface area contributed by atoms with Crippen molar-refractivity contribution in [1.82, 2.24) is 5.32 Å². The van der Waals surface area contributed by atoms with Crippen LogP contribution in [0.2, 0.25) is 0 Å². The summed E-state index contributed by atoms with van der Waals surface area (Å²) in [5, 5.41) is 3.17. The summed E-state index contributed by atoms with van der Waals surface area (Å²) in [6.07, 6.45) is 2.27. The van der Waals surface area contributed by atoms with E-state index in [4.69, 9.17) is 5.73 Å². The van der Waals surface area contributed by atoms with Crippen molar-refractivity contribution in [3.8, 4) is 0 Å². The fourth-order valence-electron chi connectivity index (χ4n) is 2.26.